The van der Waals surface area contributed by atoms with E-state index in [4.69, 9.17) is 14.2 Å². The molecule has 1 saturated heterocycles. The molecule has 1 aliphatic heterocycles. The SMILES string of the molecule is COC(=O)[C@@H]1C[C@@H](C(=O)OC(C)(C)C)[C@H](c2ccc(OC)cc2)N1. The van der Waals surface area contributed by atoms with Crippen LogP contribution in [-0.2, 0) is 19.1 Å². The fraction of sp³-hybridized carbons (Fsp3) is 0.556. The molecule has 0 radical (unpaired) electrons. The van der Waals surface area contributed by atoms with Crippen molar-refractivity contribution < 1.29 is 23.8 Å². The Kier molecular flexibility index (Phi) is 5.49. The summed E-state index contributed by atoms with van der Waals surface area (Å²) >= 11 is 0. The molecule has 132 valence electrons. The summed E-state index contributed by atoms with van der Waals surface area (Å²) in [5.41, 5.74) is 0.323. The van der Waals surface area contributed by atoms with Crippen LogP contribution in [0.3, 0.4) is 0 Å². The molecule has 3 atom stereocenters. The maximum atomic E-state index is 12.6. The molecule has 0 aromatic heterocycles. The van der Waals surface area contributed by atoms with Gasteiger partial charge in [-0.05, 0) is 44.9 Å². The van der Waals surface area contributed by atoms with Gasteiger partial charge in [0.25, 0.3) is 0 Å². The van der Waals surface area contributed by atoms with Crippen LogP contribution in [0.2, 0.25) is 0 Å². The number of methoxy groups -OCH3 is 2. The molecule has 24 heavy (non-hydrogen) atoms. The van der Waals surface area contributed by atoms with Crippen LogP contribution in [0.15, 0.2) is 24.3 Å². The first-order valence-electron chi connectivity index (χ1n) is 7.96. The molecule has 0 amide bonds. The van der Waals surface area contributed by atoms with Crippen molar-refractivity contribution in [3.63, 3.8) is 0 Å². The molecule has 1 N–H and O–H groups in total. The smallest absolute Gasteiger partial charge is 0.322 e. The summed E-state index contributed by atoms with van der Waals surface area (Å²) in [6.07, 6.45) is 0.346. The van der Waals surface area contributed by atoms with Gasteiger partial charge in [-0.1, -0.05) is 12.1 Å². The molecule has 0 saturated carbocycles. The van der Waals surface area contributed by atoms with Gasteiger partial charge in [-0.25, -0.2) is 0 Å². The summed E-state index contributed by atoms with van der Waals surface area (Å²) in [6, 6.07) is 6.58. The first-order valence-corrected chi connectivity index (χ1v) is 7.96. The lowest BCUT2D eigenvalue weighted by Crippen LogP contribution is -2.33. The van der Waals surface area contributed by atoms with E-state index in [9.17, 15) is 9.59 Å². The van der Waals surface area contributed by atoms with Crippen molar-refractivity contribution >= 4 is 11.9 Å². The number of rotatable bonds is 4. The maximum absolute atomic E-state index is 12.6. The van der Waals surface area contributed by atoms with Crippen molar-refractivity contribution in [1.29, 1.82) is 0 Å². The predicted molar refractivity (Wildman–Crippen MR) is 88.6 cm³/mol. The number of hydrogen-bond acceptors (Lipinski definition) is 6. The second-order valence-electron chi connectivity index (χ2n) is 6.87. The van der Waals surface area contributed by atoms with E-state index in [1.54, 1.807) is 7.11 Å². The van der Waals surface area contributed by atoms with Gasteiger partial charge in [0.1, 0.15) is 17.4 Å². The zero-order valence-electron chi connectivity index (χ0n) is 14.8. The Morgan fingerprint density at radius 3 is 2.21 bits per heavy atom. The summed E-state index contributed by atoms with van der Waals surface area (Å²) in [4.78, 5) is 24.5. The molecule has 6 nitrogen and oxygen atoms in total. The third kappa shape index (κ3) is 4.26. The van der Waals surface area contributed by atoms with E-state index in [-0.39, 0.29) is 18.0 Å². The van der Waals surface area contributed by atoms with Gasteiger partial charge in [-0.2, -0.15) is 0 Å². The van der Waals surface area contributed by atoms with Crippen molar-refractivity contribution in [2.45, 2.75) is 44.9 Å². The molecule has 0 aliphatic carbocycles. The first kappa shape index (κ1) is 18.3. The molecule has 6 heteroatoms. The van der Waals surface area contributed by atoms with Gasteiger partial charge >= 0.3 is 11.9 Å². The Morgan fingerprint density at radius 2 is 1.71 bits per heavy atom. The normalized spacial score (nSPS) is 23.6. The largest absolute Gasteiger partial charge is 0.497 e. The molecule has 0 unspecified atom stereocenters. The lowest BCUT2D eigenvalue weighted by molar-refractivity contribution is -0.160. The molecule has 2 rings (SSSR count). The highest BCUT2D eigenvalue weighted by Gasteiger charge is 2.44. The zero-order chi connectivity index (χ0) is 17.9. The number of esters is 2. The fourth-order valence-electron chi connectivity index (χ4n) is 2.85. The maximum Gasteiger partial charge on any atom is 0.322 e. The Balaban J connectivity index is 2.25. The van der Waals surface area contributed by atoms with E-state index in [0.717, 1.165) is 11.3 Å². The zero-order valence-corrected chi connectivity index (χ0v) is 14.8. The second-order valence-corrected chi connectivity index (χ2v) is 6.87. The van der Waals surface area contributed by atoms with Gasteiger partial charge in [0.2, 0.25) is 0 Å². The van der Waals surface area contributed by atoms with Crippen LogP contribution in [0.5, 0.6) is 5.75 Å². The van der Waals surface area contributed by atoms with Crippen LogP contribution in [-0.4, -0.2) is 37.8 Å². The van der Waals surface area contributed by atoms with Crippen LogP contribution in [0, 0.1) is 5.92 Å². The highest BCUT2D eigenvalue weighted by atomic mass is 16.6. The Hall–Kier alpha value is -2.08. The summed E-state index contributed by atoms with van der Waals surface area (Å²) < 4.78 is 15.5. The van der Waals surface area contributed by atoms with E-state index < -0.39 is 17.6 Å². The van der Waals surface area contributed by atoms with Gasteiger partial charge in [-0.3, -0.25) is 14.9 Å². The lowest BCUT2D eigenvalue weighted by atomic mass is 9.93. The summed E-state index contributed by atoms with van der Waals surface area (Å²) in [6.45, 7) is 5.48. The van der Waals surface area contributed by atoms with Crippen molar-refractivity contribution in [3.8, 4) is 5.75 Å². The molecule has 1 aromatic carbocycles. The monoisotopic (exact) mass is 335 g/mol. The average Bonchev–Trinajstić information content (AvgIpc) is 2.98. The molecule has 0 bridgehead atoms. The molecule has 1 aromatic rings. The van der Waals surface area contributed by atoms with Crippen LogP contribution in [0.25, 0.3) is 0 Å². The number of benzene rings is 1. The molecular formula is C18H25NO5. The van der Waals surface area contributed by atoms with Gasteiger partial charge in [0, 0.05) is 6.04 Å². The van der Waals surface area contributed by atoms with Crippen molar-refractivity contribution in [2.24, 2.45) is 5.92 Å². The summed E-state index contributed by atoms with van der Waals surface area (Å²) in [7, 11) is 2.94. The van der Waals surface area contributed by atoms with Crippen molar-refractivity contribution in [3.05, 3.63) is 29.8 Å². The van der Waals surface area contributed by atoms with Crippen molar-refractivity contribution in [1.82, 2.24) is 5.32 Å². The number of carbonyl (C=O) groups is 2. The number of carbonyl (C=O) groups excluding carboxylic acids is 2. The standard InChI is InChI=1S/C18H25NO5/c1-18(2,3)24-16(20)13-10-14(17(21)23-5)19-15(13)11-6-8-12(22-4)9-7-11/h6-9,13-15,19H,10H2,1-5H3/t13-,14+,15+/m1/s1. The van der Waals surface area contributed by atoms with E-state index in [0.29, 0.717) is 6.42 Å². The average molecular weight is 335 g/mol. The third-order valence-corrected chi connectivity index (χ3v) is 3.94. The molecule has 1 fully saturated rings. The van der Waals surface area contributed by atoms with Crippen molar-refractivity contribution in [2.75, 3.05) is 14.2 Å². The number of ether oxygens (including phenoxy) is 3. The van der Waals surface area contributed by atoms with Gasteiger partial charge < -0.3 is 14.2 Å². The van der Waals surface area contributed by atoms with Crippen LogP contribution >= 0.6 is 0 Å². The Labute approximate surface area is 142 Å². The topological polar surface area (TPSA) is 73.9 Å². The predicted octanol–water partition coefficient (Wildman–Crippen LogP) is 2.23. The van der Waals surface area contributed by atoms with E-state index in [1.807, 2.05) is 45.0 Å². The highest BCUT2D eigenvalue weighted by Crippen LogP contribution is 2.35. The van der Waals surface area contributed by atoms with Gasteiger partial charge in [-0.15, -0.1) is 0 Å². The van der Waals surface area contributed by atoms with Crippen LogP contribution in [0.4, 0.5) is 0 Å². The number of hydrogen-bond donors (Lipinski definition) is 1. The highest BCUT2D eigenvalue weighted by molar-refractivity contribution is 5.80. The molecule has 1 heterocycles. The molecular weight excluding hydrogens is 310 g/mol. The minimum absolute atomic E-state index is 0.310. The lowest BCUT2D eigenvalue weighted by Gasteiger charge is -2.25. The Bertz CT molecular complexity index is 590. The van der Waals surface area contributed by atoms with E-state index in [1.165, 1.54) is 7.11 Å². The quantitative estimate of drug-likeness (QED) is 0.851. The number of nitrogens with one attached hydrogen (secondary N) is 1. The Morgan fingerprint density at radius 1 is 1.08 bits per heavy atom. The minimum Gasteiger partial charge on any atom is -0.497 e. The fourth-order valence-corrected chi connectivity index (χ4v) is 2.85. The third-order valence-electron chi connectivity index (χ3n) is 3.94. The summed E-state index contributed by atoms with van der Waals surface area (Å²) in [5.74, 6) is -0.418. The van der Waals surface area contributed by atoms with Gasteiger partial charge in [0.15, 0.2) is 0 Å². The van der Waals surface area contributed by atoms with Crippen LogP contribution < -0.4 is 10.1 Å². The molecule has 1 aliphatic rings. The van der Waals surface area contributed by atoms with Gasteiger partial charge in [0.05, 0.1) is 20.1 Å². The second kappa shape index (κ2) is 7.21. The minimum atomic E-state index is -0.578. The van der Waals surface area contributed by atoms with Crippen LogP contribution in [0.1, 0.15) is 38.8 Å². The molecule has 0 spiro atoms. The summed E-state index contributed by atoms with van der Waals surface area (Å²) in [5, 5.41) is 3.20. The first-order chi connectivity index (χ1) is 11.2. The van der Waals surface area contributed by atoms with E-state index in [2.05, 4.69) is 5.32 Å². The van der Waals surface area contributed by atoms with E-state index >= 15 is 0 Å².